The second-order valence-electron chi connectivity index (χ2n) is 12.0. The van der Waals surface area contributed by atoms with E-state index in [1.807, 2.05) is 38.2 Å². The summed E-state index contributed by atoms with van der Waals surface area (Å²) in [6, 6.07) is 11.9. The second kappa shape index (κ2) is 13.3. The Kier molecular flexibility index (Phi) is 9.03. The van der Waals surface area contributed by atoms with E-state index in [-0.39, 0.29) is 29.6 Å². The third kappa shape index (κ3) is 6.07. The summed E-state index contributed by atoms with van der Waals surface area (Å²) in [5.41, 5.74) is 3.68. The largest absolute Gasteiger partial charge is 0.477 e. The van der Waals surface area contributed by atoms with Crippen LogP contribution in [0, 0.1) is 17.1 Å². The van der Waals surface area contributed by atoms with E-state index in [2.05, 4.69) is 33.1 Å². The van der Waals surface area contributed by atoms with Gasteiger partial charge in [0.1, 0.15) is 11.9 Å². The van der Waals surface area contributed by atoms with Crippen molar-refractivity contribution in [2.75, 3.05) is 62.7 Å². The molecular weight excluding hydrogens is 587 g/mol. The van der Waals surface area contributed by atoms with Gasteiger partial charge in [-0.15, -0.1) is 0 Å². The maximum absolute atomic E-state index is 14.1. The number of likely N-dealkylation sites (N-methyl/N-ethyl adjacent to an activating group) is 1. The molecule has 0 spiro atoms. The van der Waals surface area contributed by atoms with Crippen molar-refractivity contribution in [3.05, 3.63) is 65.2 Å². The maximum Gasteiger partial charge on any atom is 0.324 e. The van der Waals surface area contributed by atoms with Gasteiger partial charge in [-0.1, -0.05) is 6.92 Å². The van der Waals surface area contributed by atoms with E-state index in [0.29, 0.717) is 79.0 Å². The molecule has 11 nitrogen and oxygen atoms in total. The zero-order valence-electron chi connectivity index (χ0n) is 26.5. The first-order chi connectivity index (χ1) is 22.3. The Hall–Kier alpha value is -4.76. The van der Waals surface area contributed by atoms with E-state index < -0.39 is 5.82 Å². The van der Waals surface area contributed by atoms with E-state index in [4.69, 9.17) is 9.72 Å². The average molecular weight is 627 g/mol. The van der Waals surface area contributed by atoms with Gasteiger partial charge in [0.05, 0.1) is 34.8 Å². The minimum absolute atomic E-state index is 0.0275. The summed E-state index contributed by atoms with van der Waals surface area (Å²) < 4.78 is 19.8. The monoisotopic (exact) mass is 626 g/mol. The molecule has 1 aromatic carbocycles. The molecule has 2 fully saturated rings. The fourth-order valence-corrected chi connectivity index (χ4v) is 6.80. The Balaban J connectivity index is 1.29. The normalized spacial score (nSPS) is 19.6. The van der Waals surface area contributed by atoms with Crippen molar-refractivity contribution < 1.29 is 18.7 Å². The Morgan fingerprint density at radius 3 is 2.72 bits per heavy atom. The fourth-order valence-electron chi connectivity index (χ4n) is 6.80. The van der Waals surface area contributed by atoms with Gasteiger partial charge in [0.15, 0.2) is 5.69 Å². The number of aromatic nitrogens is 2. The molecular formula is C34H39FN8O3. The summed E-state index contributed by atoms with van der Waals surface area (Å²) in [4.78, 5) is 44.8. The summed E-state index contributed by atoms with van der Waals surface area (Å²) in [7, 11) is 2.04. The molecule has 0 saturated carbocycles. The van der Waals surface area contributed by atoms with Crippen molar-refractivity contribution in [1.29, 1.82) is 5.26 Å². The number of nitriles is 1. The number of carbonyl (C=O) groups excluding carboxylic acids is 2. The standard InChI is InChI=1S/C34H39FN8O3/c1-4-26-21-41(34(45)43-14-10-22-17-24(35)18-23(19-36)31(22)43)15-16-42(26)29-9-8-28(27-7-6-12-37-33(27)46-5-2)39-30(29)32(44)38-25-11-13-40(3)20-25/h6-9,12,17-18,25-26H,4-5,10-11,13-16,20-21H2,1-3H3,(H,38,44)/t25-,26+/m0/s1. The number of likely N-dealkylation sites (tertiary alicyclic amines) is 1. The Morgan fingerprint density at radius 1 is 1.13 bits per heavy atom. The van der Waals surface area contributed by atoms with Crippen LogP contribution in [0.3, 0.4) is 0 Å². The van der Waals surface area contributed by atoms with Crippen LogP contribution in [0.5, 0.6) is 5.88 Å². The minimum atomic E-state index is -0.471. The third-order valence-corrected chi connectivity index (χ3v) is 9.06. The number of nitrogens with zero attached hydrogens (tertiary/aromatic N) is 7. The fraction of sp³-hybridized carbons (Fsp3) is 0.441. The molecule has 240 valence electrons. The molecule has 5 heterocycles. The number of anilines is 2. The number of carbonyl (C=O) groups is 2. The first-order valence-electron chi connectivity index (χ1n) is 16.0. The second-order valence-corrected chi connectivity index (χ2v) is 12.0. The molecule has 2 aromatic heterocycles. The highest BCUT2D eigenvalue weighted by atomic mass is 19.1. The molecule has 0 aliphatic carbocycles. The van der Waals surface area contributed by atoms with Gasteiger partial charge in [0.2, 0.25) is 5.88 Å². The molecule has 1 N–H and O–H groups in total. The number of piperazine rings is 1. The van der Waals surface area contributed by atoms with E-state index in [0.717, 1.165) is 25.9 Å². The van der Waals surface area contributed by atoms with Crippen molar-refractivity contribution in [3.63, 3.8) is 0 Å². The molecule has 12 heteroatoms. The zero-order chi connectivity index (χ0) is 32.4. The highest BCUT2D eigenvalue weighted by Gasteiger charge is 2.37. The number of benzene rings is 1. The highest BCUT2D eigenvalue weighted by Crippen LogP contribution is 2.35. The lowest BCUT2D eigenvalue weighted by molar-refractivity contribution is 0.0933. The van der Waals surface area contributed by atoms with Gasteiger partial charge in [-0.2, -0.15) is 5.26 Å². The zero-order valence-corrected chi connectivity index (χ0v) is 26.5. The molecule has 3 amide bonds. The van der Waals surface area contributed by atoms with Gasteiger partial charge in [-0.05, 0) is 81.7 Å². The minimum Gasteiger partial charge on any atom is -0.477 e. The first kappa shape index (κ1) is 31.2. The Morgan fingerprint density at radius 2 is 1.98 bits per heavy atom. The van der Waals surface area contributed by atoms with Gasteiger partial charge in [-0.25, -0.2) is 19.2 Å². The van der Waals surface area contributed by atoms with Crippen molar-refractivity contribution in [2.24, 2.45) is 0 Å². The van der Waals surface area contributed by atoms with Gasteiger partial charge in [0.25, 0.3) is 5.91 Å². The van der Waals surface area contributed by atoms with Gasteiger partial charge < -0.3 is 24.8 Å². The van der Waals surface area contributed by atoms with E-state index in [1.54, 1.807) is 16.0 Å². The molecule has 0 unspecified atom stereocenters. The lowest BCUT2D eigenvalue weighted by Gasteiger charge is -2.44. The molecule has 3 aromatic rings. The van der Waals surface area contributed by atoms with E-state index in [1.165, 1.54) is 12.1 Å². The Bertz CT molecular complexity index is 1680. The van der Waals surface area contributed by atoms with Crippen LogP contribution >= 0.6 is 0 Å². The SMILES string of the molecule is CCOc1ncccc1-c1ccc(N2CCN(C(=O)N3CCc4cc(F)cc(C#N)c43)C[C@H]2CC)c(C(=O)N[C@H]2CCN(C)C2)n1. The van der Waals surface area contributed by atoms with Crippen molar-refractivity contribution in [3.8, 4) is 23.2 Å². The lowest BCUT2D eigenvalue weighted by atomic mass is 10.1. The van der Waals surface area contributed by atoms with Crippen LogP contribution in [0.1, 0.15) is 48.3 Å². The number of halogens is 1. The number of hydrogen-bond acceptors (Lipinski definition) is 8. The average Bonchev–Trinajstić information content (AvgIpc) is 3.69. The number of urea groups is 1. The number of fused-ring (bicyclic) bond motifs is 1. The predicted octanol–water partition coefficient (Wildman–Crippen LogP) is 4.07. The summed E-state index contributed by atoms with van der Waals surface area (Å²) >= 11 is 0. The van der Waals surface area contributed by atoms with Crippen LogP contribution in [-0.4, -0.2) is 96.7 Å². The number of ether oxygens (including phenoxy) is 1. The van der Waals surface area contributed by atoms with E-state index >= 15 is 0 Å². The van der Waals surface area contributed by atoms with Crippen LogP contribution in [0.15, 0.2) is 42.6 Å². The number of pyridine rings is 2. The van der Waals surface area contributed by atoms with Crippen molar-refractivity contribution in [2.45, 2.75) is 45.2 Å². The molecule has 3 aliphatic heterocycles. The maximum atomic E-state index is 14.1. The molecule has 0 radical (unpaired) electrons. The topological polar surface area (TPSA) is 118 Å². The van der Waals surface area contributed by atoms with Gasteiger partial charge >= 0.3 is 6.03 Å². The number of amides is 3. The van der Waals surface area contributed by atoms with E-state index in [9.17, 15) is 19.2 Å². The summed E-state index contributed by atoms with van der Waals surface area (Å²) in [6.07, 6.45) is 3.76. The number of nitrogens with one attached hydrogen (secondary N) is 1. The number of hydrogen-bond donors (Lipinski definition) is 1. The first-order valence-corrected chi connectivity index (χ1v) is 16.0. The van der Waals surface area contributed by atoms with Crippen LogP contribution < -0.4 is 19.9 Å². The third-order valence-electron chi connectivity index (χ3n) is 9.06. The molecule has 2 atom stereocenters. The van der Waals surface area contributed by atoms with Gasteiger partial charge in [-0.3, -0.25) is 9.69 Å². The summed E-state index contributed by atoms with van der Waals surface area (Å²) in [5.74, 6) is -0.253. The quantitative estimate of drug-likeness (QED) is 0.417. The van der Waals surface area contributed by atoms with Crippen LogP contribution in [-0.2, 0) is 6.42 Å². The molecule has 2 saturated heterocycles. The van der Waals surface area contributed by atoms with Gasteiger partial charge in [0, 0.05) is 51.0 Å². The predicted molar refractivity (Wildman–Crippen MR) is 173 cm³/mol. The number of rotatable bonds is 7. The lowest BCUT2D eigenvalue weighted by Crippen LogP contribution is -2.57. The van der Waals surface area contributed by atoms with Crippen molar-refractivity contribution >= 4 is 23.3 Å². The molecule has 6 rings (SSSR count). The van der Waals surface area contributed by atoms with Crippen LogP contribution in [0.4, 0.5) is 20.6 Å². The highest BCUT2D eigenvalue weighted by molar-refractivity contribution is 5.99. The van der Waals surface area contributed by atoms with Crippen LogP contribution in [0.25, 0.3) is 11.3 Å². The molecule has 46 heavy (non-hydrogen) atoms. The molecule has 3 aliphatic rings. The Labute approximate surface area is 268 Å². The smallest absolute Gasteiger partial charge is 0.324 e. The summed E-state index contributed by atoms with van der Waals surface area (Å²) in [6.45, 7) is 7.82. The summed E-state index contributed by atoms with van der Waals surface area (Å²) in [5, 5.41) is 12.9. The molecule has 0 bridgehead atoms. The van der Waals surface area contributed by atoms with Crippen molar-refractivity contribution in [1.82, 2.24) is 25.1 Å². The van der Waals surface area contributed by atoms with Crippen LogP contribution in [0.2, 0.25) is 0 Å².